The molecule has 0 rings (SSSR count). The van der Waals surface area contributed by atoms with Crippen LogP contribution in [-0.2, 0) is 9.59 Å². The molecule has 0 radical (unpaired) electrons. The molecule has 0 aliphatic heterocycles. The Labute approximate surface area is 85.2 Å². The first kappa shape index (κ1) is 12.5. The van der Waals surface area contributed by atoms with Crippen LogP contribution >= 0.6 is 23.2 Å². The number of alkyl halides is 2. The Kier molecular flexibility index (Phi) is 5.77. The zero-order valence-electron chi connectivity index (χ0n) is 6.67. The Morgan fingerprint density at radius 3 is 2.38 bits per heavy atom. The quantitative estimate of drug-likeness (QED) is 0.564. The van der Waals surface area contributed by atoms with Gasteiger partial charge in [0.15, 0.2) is 4.84 Å². The van der Waals surface area contributed by atoms with Crippen molar-refractivity contribution in [2.24, 2.45) is 5.73 Å². The number of hydrogen-bond donors (Lipinski definition) is 3. The fourth-order valence-corrected chi connectivity index (χ4v) is 0.706. The van der Waals surface area contributed by atoms with E-state index in [9.17, 15) is 9.59 Å². The second-order valence-electron chi connectivity index (χ2n) is 2.33. The van der Waals surface area contributed by atoms with Gasteiger partial charge in [0.05, 0.1) is 0 Å². The molecule has 76 valence electrons. The van der Waals surface area contributed by atoms with Crippen LogP contribution < -0.4 is 11.1 Å². The van der Waals surface area contributed by atoms with Crippen molar-refractivity contribution in [1.29, 1.82) is 0 Å². The highest BCUT2D eigenvalue weighted by Crippen LogP contribution is 2.00. The van der Waals surface area contributed by atoms with Gasteiger partial charge in [0.2, 0.25) is 0 Å². The summed E-state index contributed by atoms with van der Waals surface area (Å²) >= 11 is 10.4. The molecule has 0 aromatic heterocycles. The molecule has 0 spiro atoms. The number of hydrogen-bond acceptors (Lipinski definition) is 3. The maximum atomic E-state index is 10.7. The summed E-state index contributed by atoms with van der Waals surface area (Å²) in [5.74, 6) is -1.66. The molecule has 5 nitrogen and oxygen atoms in total. The second kappa shape index (κ2) is 6.01. The molecule has 0 unspecified atom stereocenters. The maximum Gasteiger partial charge on any atom is 0.320 e. The third-order valence-corrected chi connectivity index (χ3v) is 1.67. The number of carboxylic acids is 1. The van der Waals surface area contributed by atoms with Crippen molar-refractivity contribution in [3.63, 3.8) is 0 Å². The smallest absolute Gasteiger partial charge is 0.320 e. The summed E-state index contributed by atoms with van der Waals surface area (Å²) in [5, 5.41) is 10.7. The Morgan fingerprint density at radius 1 is 1.46 bits per heavy atom. The van der Waals surface area contributed by atoms with Gasteiger partial charge in [0, 0.05) is 6.54 Å². The van der Waals surface area contributed by atoms with Crippen molar-refractivity contribution in [1.82, 2.24) is 5.32 Å². The van der Waals surface area contributed by atoms with Gasteiger partial charge in [-0.3, -0.25) is 9.59 Å². The number of halogens is 2. The highest BCUT2D eigenvalue weighted by atomic mass is 35.5. The van der Waals surface area contributed by atoms with Gasteiger partial charge in [-0.15, -0.1) is 0 Å². The zero-order chi connectivity index (χ0) is 10.4. The van der Waals surface area contributed by atoms with Gasteiger partial charge in [-0.25, -0.2) is 0 Å². The molecule has 0 saturated heterocycles. The molecule has 0 aromatic rings. The van der Waals surface area contributed by atoms with Crippen molar-refractivity contribution >= 4 is 35.1 Å². The number of carboxylic acid groups (broad SMARTS) is 1. The van der Waals surface area contributed by atoms with E-state index in [0.29, 0.717) is 0 Å². The summed E-state index contributed by atoms with van der Waals surface area (Å²) in [7, 11) is 0. The Balaban J connectivity index is 3.56. The number of carbonyl (C=O) groups excluding carboxylic acids is 1. The van der Waals surface area contributed by atoms with Gasteiger partial charge in [-0.2, -0.15) is 0 Å². The minimum absolute atomic E-state index is 0.140. The van der Waals surface area contributed by atoms with Crippen LogP contribution in [0, 0.1) is 0 Å². The Morgan fingerprint density at radius 2 is 2.00 bits per heavy atom. The van der Waals surface area contributed by atoms with E-state index in [0.717, 1.165) is 0 Å². The largest absolute Gasteiger partial charge is 0.480 e. The van der Waals surface area contributed by atoms with Crippen molar-refractivity contribution in [2.75, 3.05) is 6.54 Å². The molecule has 0 bridgehead atoms. The number of amides is 1. The van der Waals surface area contributed by atoms with Crippen molar-refractivity contribution in [2.45, 2.75) is 17.3 Å². The molecule has 0 saturated carbocycles. The summed E-state index contributed by atoms with van der Waals surface area (Å²) < 4.78 is 0. The standard InChI is InChI=1S/C6H10Cl2N2O3/c7-4(8)5(11)10-2-1-3(9)6(12)13/h3-4H,1-2,9H2,(H,10,11)(H,12,13)/t3-/m0/s1. The van der Waals surface area contributed by atoms with E-state index in [-0.39, 0.29) is 13.0 Å². The zero-order valence-corrected chi connectivity index (χ0v) is 8.18. The molecule has 0 heterocycles. The minimum atomic E-state index is -1.14. The monoisotopic (exact) mass is 228 g/mol. The van der Waals surface area contributed by atoms with E-state index in [2.05, 4.69) is 5.32 Å². The lowest BCUT2D eigenvalue weighted by Crippen LogP contribution is -2.36. The predicted octanol–water partition coefficient (Wildman–Crippen LogP) is -0.292. The van der Waals surface area contributed by atoms with E-state index in [1.54, 1.807) is 0 Å². The maximum absolute atomic E-state index is 10.7. The molecular weight excluding hydrogens is 219 g/mol. The number of nitrogens with one attached hydrogen (secondary N) is 1. The number of aliphatic carboxylic acids is 1. The SMILES string of the molecule is N[C@@H](CCNC(=O)C(Cl)Cl)C(=O)O. The average molecular weight is 229 g/mol. The van der Waals surface area contributed by atoms with E-state index in [4.69, 9.17) is 34.0 Å². The molecule has 0 fully saturated rings. The molecule has 1 atom stereocenters. The fourth-order valence-electron chi connectivity index (χ4n) is 0.551. The van der Waals surface area contributed by atoms with Gasteiger partial charge < -0.3 is 16.2 Å². The van der Waals surface area contributed by atoms with Crippen LogP contribution in [0.3, 0.4) is 0 Å². The lowest BCUT2D eigenvalue weighted by Gasteiger charge is -2.07. The van der Waals surface area contributed by atoms with Crippen LogP contribution in [0.5, 0.6) is 0 Å². The lowest BCUT2D eigenvalue weighted by molar-refractivity contribution is -0.138. The van der Waals surface area contributed by atoms with E-state index < -0.39 is 22.8 Å². The first-order chi connectivity index (χ1) is 5.95. The van der Waals surface area contributed by atoms with E-state index >= 15 is 0 Å². The Hall–Kier alpha value is -0.520. The van der Waals surface area contributed by atoms with E-state index in [1.807, 2.05) is 0 Å². The Bertz CT molecular complexity index is 198. The van der Waals surface area contributed by atoms with Crippen LogP contribution in [0.1, 0.15) is 6.42 Å². The summed E-state index contributed by atoms with van der Waals surface area (Å²) in [6.07, 6.45) is 0.140. The molecule has 0 aliphatic rings. The number of rotatable bonds is 5. The second-order valence-corrected chi connectivity index (χ2v) is 3.42. The molecule has 0 aliphatic carbocycles. The van der Waals surface area contributed by atoms with Crippen molar-refractivity contribution < 1.29 is 14.7 Å². The first-order valence-electron chi connectivity index (χ1n) is 3.49. The lowest BCUT2D eigenvalue weighted by atomic mass is 10.2. The molecule has 7 heteroatoms. The first-order valence-corrected chi connectivity index (χ1v) is 4.36. The van der Waals surface area contributed by atoms with Gasteiger partial charge in [-0.1, -0.05) is 23.2 Å². The van der Waals surface area contributed by atoms with E-state index in [1.165, 1.54) is 0 Å². The van der Waals surface area contributed by atoms with Gasteiger partial charge in [0.1, 0.15) is 6.04 Å². The normalized spacial score (nSPS) is 12.6. The minimum Gasteiger partial charge on any atom is -0.480 e. The summed E-state index contributed by atoms with van der Waals surface area (Å²) in [5.41, 5.74) is 5.16. The third-order valence-electron chi connectivity index (χ3n) is 1.27. The number of nitrogens with two attached hydrogens (primary N) is 1. The van der Waals surface area contributed by atoms with Gasteiger partial charge in [-0.05, 0) is 6.42 Å². The van der Waals surface area contributed by atoms with Crippen LogP contribution in [-0.4, -0.2) is 34.4 Å². The topological polar surface area (TPSA) is 92.4 Å². The summed E-state index contributed by atoms with van der Waals surface area (Å²) in [6.45, 7) is 0.141. The van der Waals surface area contributed by atoms with Crippen LogP contribution in [0.4, 0.5) is 0 Å². The molecule has 4 N–H and O–H groups in total. The van der Waals surface area contributed by atoms with Gasteiger partial charge >= 0.3 is 5.97 Å². The van der Waals surface area contributed by atoms with Crippen molar-refractivity contribution in [3.8, 4) is 0 Å². The molecule has 13 heavy (non-hydrogen) atoms. The predicted molar refractivity (Wildman–Crippen MR) is 48.7 cm³/mol. The van der Waals surface area contributed by atoms with Crippen molar-refractivity contribution in [3.05, 3.63) is 0 Å². The summed E-state index contributed by atoms with van der Waals surface area (Å²) in [6, 6.07) is -0.982. The average Bonchev–Trinajstić information content (AvgIpc) is 2.03. The highest BCUT2D eigenvalue weighted by molar-refractivity contribution is 6.53. The van der Waals surface area contributed by atoms with Crippen LogP contribution in [0.2, 0.25) is 0 Å². The van der Waals surface area contributed by atoms with Crippen LogP contribution in [0.25, 0.3) is 0 Å². The highest BCUT2D eigenvalue weighted by Gasteiger charge is 2.13. The third kappa shape index (κ3) is 5.68. The van der Waals surface area contributed by atoms with Crippen LogP contribution in [0.15, 0.2) is 0 Å². The molecular formula is C6H10Cl2N2O3. The molecule has 1 amide bonds. The summed E-state index contributed by atoms with van der Waals surface area (Å²) in [4.78, 5) is 19.8. The molecule has 0 aromatic carbocycles. The van der Waals surface area contributed by atoms with Gasteiger partial charge in [0.25, 0.3) is 5.91 Å². The fraction of sp³-hybridized carbons (Fsp3) is 0.667. The number of carbonyl (C=O) groups is 2.